The Morgan fingerprint density at radius 1 is 1.08 bits per heavy atom. The van der Waals surface area contributed by atoms with E-state index in [-0.39, 0.29) is 12.5 Å². The molecule has 24 heavy (non-hydrogen) atoms. The number of halogens is 1. The Morgan fingerprint density at radius 2 is 1.83 bits per heavy atom. The fourth-order valence-electron chi connectivity index (χ4n) is 1.95. The van der Waals surface area contributed by atoms with Crippen LogP contribution in [0.4, 0.5) is 10.5 Å². The molecule has 0 saturated carbocycles. The zero-order valence-electron chi connectivity index (χ0n) is 13.1. The minimum atomic E-state index is -0.415. The van der Waals surface area contributed by atoms with E-state index in [0.29, 0.717) is 23.0 Å². The van der Waals surface area contributed by atoms with Gasteiger partial charge in [0.25, 0.3) is 0 Å². The molecule has 7 heteroatoms. The minimum absolute atomic E-state index is 0.149. The van der Waals surface area contributed by atoms with Crippen LogP contribution in [-0.4, -0.2) is 25.6 Å². The van der Waals surface area contributed by atoms with Crippen LogP contribution in [0.1, 0.15) is 5.56 Å². The molecule has 0 radical (unpaired) electrons. The van der Waals surface area contributed by atoms with Crippen LogP contribution in [0, 0.1) is 0 Å². The summed E-state index contributed by atoms with van der Waals surface area (Å²) in [5.41, 5.74) is 1.50. The van der Waals surface area contributed by atoms with Crippen LogP contribution < -0.4 is 20.7 Å². The summed E-state index contributed by atoms with van der Waals surface area (Å²) >= 11 is 5.98. The van der Waals surface area contributed by atoms with Crippen molar-refractivity contribution < 1.29 is 14.3 Å². The first kappa shape index (κ1) is 17.6. The standard InChI is InChI=1S/C17H18ClN3O3/c1-24-15-8-7-13(9-14(15)18)21-16(22)11-20-17(23)19-10-12-5-3-2-4-6-12/h2-9H,10-11H2,1H3,(H,21,22)(H2,19,20,23). The number of hydrogen-bond acceptors (Lipinski definition) is 3. The summed E-state index contributed by atoms with van der Waals surface area (Å²) in [6.45, 7) is 0.243. The van der Waals surface area contributed by atoms with Crippen LogP contribution >= 0.6 is 11.6 Å². The molecule has 0 heterocycles. The van der Waals surface area contributed by atoms with Crippen LogP contribution in [0.2, 0.25) is 5.02 Å². The van der Waals surface area contributed by atoms with Gasteiger partial charge in [-0.2, -0.15) is 0 Å². The number of benzene rings is 2. The first-order valence-electron chi connectivity index (χ1n) is 7.27. The number of urea groups is 1. The molecule has 0 aliphatic rings. The molecular formula is C17H18ClN3O3. The Morgan fingerprint density at radius 3 is 2.50 bits per heavy atom. The third kappa shape index (κ3) is 5.48. The fraction of sp³-hybridized carbons (Fsp3) is 0.176. The molecule has 3 N–H and O–H groups in total. The topological polar surface area (TPSA) is 79.5 Å². The van der Waals surface area contributed by atoms with Crippen molar-refractivity contribution in [2.24, 2.45) is 0 Å². The summed E-state index contributed by atoms with van der Waals surface area (Å²) in [4.78, 5) is 23.5. The molecule has 0 aliphatic heterocycles. The second-order valence-corrected chi connectivity index (χ2v) is 5.33. The SMILES string of the molecule is COc1ccc(NC(=O)CNC(=O)NCc2ccccc2)cc1Cl. The van der Waals surface area contributed by atoms with E-state index in [2.05, 4.69) is 16.0 Å². The first-order valence-corrected chi connectivity index (χ1v) is 7.65. The highest BCUT2D eigenvalue weighted by atomic mass is 35.5. The molecular weight excluding hydrogens is 330 g/mol. The van der Waals surface area contributed by atoms with E-state index in [0.717, 1.165) is 5.56 Å². The van der Waals surface area contributed by atoms with Gasteiger partial charge in [0.2, 0.25) is 5.91 Å². The van der Waals surface area contributed by atoms with Gasteiger partial charge < -0.3 is 20.7 Å². The molecule has 0 fully saturated rings. The van der Waals surface area contributed by atoms with Crippen molar-refractivity contribution in [3.63, 3.8) is 0 Å². The van der Waals surface area contributed by atoms with E-state index in [9.17, 15) is 9.59 Å². The number of methoxy groups -OCH3 is 1. The van der Waals surface area contributed by atoms with Crippen molar-refractivity contribution in [3.8, 4) is 5.75 Å². The van der Waals surface area contributed by atoms with E-state index in [1.54, 1.807) is 18.2 Å². The van der Waals surface area contributed by atoms with Gasteiger partial charge in [-0.15, -0.1) is 0 Å². The molecule has 0 unspecified atom stereocenters. The van der Waals surface area contributed by atoms with Crippen LogP contribution in [0.15, 0.2) is 48.5 Å². The summed E-state index contributed by atoms with van der Waals surface area (Å²) in [5.74, 6) is 0.166. The van der Waals surface area contributed by atoms with Gasteiger partial charge in [-0.1, -0.05) is 41.9 Å². The number of anilines is 1. The normalized spacial score (nSPS) is 9.92. The van der Waals surface area contributed by atoms with Crippen molar-refractivity contribution in [2.45, 2.75) is 6.54 Å². The second kappa shape index (κ2) is 8.79. The Labute approximate surface area is 145 Å². The van der Waals surface area contributed by atoms with Gasteiger partial charge in [0, 0.05) is 12.2 Å². The van der Waals surface area contributed by atoms with Gasteiger partial charge in [-0.25, -0.2) is 4.79 Å². The molecule has 0 aromatic heterocycles. The molecule has 126 valence electrons. The van der Waals surface area contributed by atoms with Crippen molar-refractivity contribution in [3.05, 3.63) is 59.1 Å². The van der Waals surface area contributed by atoms with Gasteiger partial charge in [0.15, 0.2) is 0 Å². The molecule has 0 atom stereocenters. The van der Waals surface area contributed by atoms with E-state index >= 15 is 0 Å². The zero-order chi connectivity index (χ0) is 17.4. The van der Waals surface area contributed by atoms with Gasteiger partial charge >= 0.3 is 6.03 Å². The third-order valence-corrected chi connectivity index (χ3v) is 3.44. The lowest BCUT2D eigenvalue weighted by Gasteiger charge is -2.10. The predicted molar refractivity (Wildman–Crippen MR) is 93.3 cm³/mol. The maximum Gasteiger partial charge on any atom is 0.315 e. The minimum Gasteiger partial charge on any atom is -0.495 e. The largest absolute Gasteiger partial charge is 0.495 e. The zero-order valence-corrected chi connectivity index (χ0v) is 13.9. The van der Waals surface area contributed by atoms with Gasteiger partial charge in [0.1, 0.15) is 5.75 Å². The van der Waals surface area contributed by atoms with Crippen LogP contribution in [0.3, 0.4) is 0 Å². The lowest BCUT2D eigenvalue weighted by molar-refractivity contribution is -0.115. The number of carbonyl (C=O) groups is 2. The predicted octanol–water partition coefficient (Wildman–Crippen LogP) is 2.79. The van der Waals surface area contributed by atoms with Gasteiger partial charge in [-0.05, 0) is 23.8 Å². The summed E-state index contributed by atoms with van der Waals surface area (Å²) in [7, 11) is 1.51. The van der Waals surface area contributed by atoms with E-state index in [4.69, 9.17) is 16.3 Å². The molecule has 0 bridgehead atoms. The van der Waals surface area contributed by atoms with E-state index in [1.807, 2.05) is 30.3 Å². The maximum atomic E-state index is 11.8. The summed E-state index contributed by atoms with van der Waals surface area (Å²) in [5, 5.41) is 8.20. The fourth-order valence-corrected chi connectivity index (χ4v) is 2.21. The summed E-state index contributed by atoms with van der Waals surface area (Å²) in [6.07, 6.45) is 0. The number of nitrogens with one attached hydrogen (secondary N) is 3. The third-order valence-electron chi connectivity index (χ3n) is 3.14. The monoisotopic (exact) mass is 347 g/mol. The summed E-state index contributed by atoms with van der Waals surface area (Å²) < 4.78 is 5.04. The number of rotatable bonds is 6. The number of hydrogen-bond donors (Lipinski definition) is 3. The Balaban J connectivity index is 1.74. The maximum absolute atomic E-state index is 11.8. The highest BCUT2D eigenvalue weighted by Crippen LogP contribution is 2.27. The molecule has 2 aromatic rings. The van der Waals surface area contributed by atoms with Gasteiger partial charge in [0.05, 0.1) is 18.7 Å². The lowest BCUT2D eigenvalue weighted by atomic mass is 10.2. The van der Waals surface area contributed by atoms with Crippen molar-refractivity contribution in [1.82, 2.24) is 10.6 Å². The Bertz CT molecular complexity index is 707. The molecule has 2 rings (SSSR count). The van der Waals surface area contributed by atoms with Crippen molar-refractivity contribution >= 4 is 29.2 Å². The quantitative estimate of drug-likeness (QED) is 0.751. The molecule has 2 aromatic carbocycles. The molecule has 6 nitrogen and oxygen atoms in total. The van der Waals surface area contributed by atoms with Crippen molar-refractivity contribution in [2.75, 3.05) is 19.0 Å². The van der Waals surface area contributed by atoms with E-state index in [1.165, 1.54) is 7.11 Å². The molecule has 3 amide bonds. The lowest BCUT2D eigenvalue weighted by Crippen LogP contribution is -2.39. The average molecular weight is 348 g/mol. The first-order chi connectivity index (χ1) is 11.6. The molecule has 0 aliphatic carbocycles. The molecule has 0 spiro atoms. The number of ether oxygens (including phenoxy) is 1. The summed E-state index contributed by atoms with van der Waals surface area (Å²) in [6, 6.07) is 14.0. The molecule has 0 saturated heterocycles. The van der Waals surface area contributed by atoms with Crippen LogP contribution in [0.5, 0.6) is 5.75 Å². The van der Waals surface area contributed by atoms with Crippen LogP contribution in [-0.2, 0) is 11.3 Å². The van der Waals surface area contributed by atoms with E-state index < -0.39 is 6.03 Å². The second-order valence-electron chi connectivity index (χ2n) is 4.92. The number of carbonyl (C=O) groups excluding carboxylic acids is 2. The highest BCUT2D eigenvalue weighted by molar-refractivity contribution is 6.32. The Hall–Kier alpha value is -2.73. The van der Waals surface area contributed by atoms with Gasteiger partial charge in [-0.3, -0.25) is 4.79 Å². The Kier molecular flexibility index (Phi) is 6.45. The van der Waals surface area contributed by atoms with Crippen molar-refractivity contribution in [1.29, 1.82) is 0 Å². The highest BCUT2D eigenvalue weighted by Gasteiger charge is 2.07. The average Bonchev–Trinajstić information content (AvgIpc) is 2.59. The van der Waals surface area contributed by atoms with Crippen LogP contribution in [0.25, 0.3) is 0 Å². The number of amides is 3. The smallest absolute Gasteiger partial charge is 0.315 e.